The van der Waals surface area contributed by atoms with E-state index in [1.165, 1.54) is 0 Å². The summed E-state index contributed by atoms with van der Waals surface area (Å²) in [7, 11) is 0. The van der Waals surface area contributed by atoms with Crippen molar-refractivity contribution in [3.63, 3.8) is 0 Å². The van der Waals surface area contributed by atoms with E-state index in [0.717, 1.165) is 10.5 Å². The minimum atomic E-state index is 0. The van der Waals surface area contributed by atoms with E-state index in [2.05, 4.69) is 42.6 Å². The summed E-state index contributed by atoms with van der Waals surface area (Å²) in [6, 6.07) is 0.759. The topological polar surface area (TPSA) is 17.3 Å². The molecule has 88 valence electrons. The first kappa shape index (κ1) is 15.0. The summed E-state index contributed by atoms with van der Waals surface area (Å²) >= 11 is 7.54. The molecule has 0 fully saturated rings. The minimum Gasteiger partial charge on any atom is -0.317 e. The second-order valence-corrected chi connectivity index (χ2v) is 4.93. The first-order chi connectivity index (χ1) is 6.56. The molecule has 0 aliphatic rings. The number of halogens is 2. The monoisotopic (exact) mass is 268 g/mol. The molecule has 0 spiro atoms. The average Bonchev–Trinajstić information content (AvgIpc) is 2.46. The molecule has 1 heterocycles. The smallest absolute Gasteiger partial charge is 0.185 e. The Balaban J connectivity index is 0.00000196. The third kappa shape index (κ3) is 3.82. The molecule has 0 N–H and O–H groups in total. The van der Waals surface area contributed by atoms with E-state index in [1.807, 2.05) is 0 Å². The number of alkyl halides is 1. The van der Waals surface area contributed by atoms with Gasteiger partial charge in [0.15, 0.2) is 4.80 Å². The highest BCUT2D eigenvalue weighted by Crippen LogP contribution is 2.12. The molecule has 0 saturated heterocycles. The van der Waals surface area contributed by atoms with Crippen LogP contribution in [0.1, 0.15) is 39.4 Å². The van der Waals surface area contributed by atoms with Crippen LogP contribution >= 0.6 is 35.3 Å². The Morgan fingerprint density at radius 1 is 1.40 bits per heavy atom. The van der Waals surface area contributed by atoms with Crippen molar-refractivity contribution in [2.24, 2.45) is 4.99 Å². The van der Waals surface area contributed by atoms with Gasteiger partial charge in [-0.2, -0.15) is 0 Å². The molecule has 1 rings (SSSR count). The maximum absolute atomic E-state index is 5.87. The molecule has 0 aliphatic carbocycles. The van der Waals surface area contributed by atoms with Gasteiger partial charge in [-0.3, -0.25) is 4.99 Å². The lowest BCUT2D eigenvalue weighted by molar-refractivity contribution is 0.558. The Hall–Kier alpha value is 0.01000. The van der Waals surface area contributed by atoms with E-state index in [4.69, 9.17) is 11.6 Å². The van der Waals surface area contributed by atoms with Gasteiger partial charge in [0.1, 0.15) is 0 Å². The molecule has 1 aromatic rings. The molecule has 0 bridgehead atoms. The third-order valence-electron chi connectivity index (χ3n) is 1.84. The lowest BCUT2D eigenvalue weighted by Gasteiger charge is -2.11. The number of nitrogens with zero attached hydrogens (tertiary/aromatic N) is 2. The summed E-state index contributed by atoms with van der Waals surface area (Å²) in [4.78, 5) is 5.65. The van der Waals surface area contributed by atoms with Crippen LogP contribution in [0.25, 0.3) is 0 Å². The van der Waals surface area contributed by atoms with Crippen LogP contribution in [-0.4, -0.2) is 10.6 Å². The van der Waals surface area contributed by atoms with E-state index < -0.39 is 0 Å². The van der Waals surface area contributed by atoms with Crippen LogP contribution in [0.4, 0.5) is 0 Å². The summed E-state index contributed by atoms with van der Waals surface area (Å²) in [5.41, 5.74) is 1.16. The predicted molar refractivity (Wildman–Crippen MR) is 70.2 cm³/mol. The van der Waals surface area contributed by atoms with E-state index in [0.29, 0.717) is 18.0 Å². The van der Waals surface area contributed by atoms with E-state index in [9.17, 15) is 0 Å². The Labute approximate surface area is 106 Å². The summed E-state index contributed by atoms with van der Waals surface area (Å²) in [6.07, 6.45) is 0. The van der Waals surface area contributed by atoms with Gasteiger partial charge in [0.25, 0.3) is 0 Å². The molecule has 0 aliphatic heterocycles. The van der Waals surface area contributed by atoms with Gasteiger partial charge >= 0.3 is 0 Å². The fraction of sp³-hybridized carbons (Fsp3) is 0.700. The lowest BCUT2D eigenvalue weighted by atomic mass is 10.3. The largest absolute Gasteiger partial charge is 0.317 e. The van der Waals surface area contributed by atoms with Gasteiger partial charge in [-0.15, -0.1) is 35.3 Å². The maximum atomic E-state index is 5.87. The Kier molecular flexibility index (Phi) is 6.57. The SMILES string of the molecule is CC(C)/N=c1\scc(CCl)n1C(C)C.Cl. The molecule has 0 aromatic carbocycles. The number of hydrogen-bond donors (Lipinski definition) is 0. The molecule has 15 heavy (non-hydrogen) atoms. The van der Waals surface area contributed by atoms with E-state index in [1.54, 1.807) is 11.3 Å². The second kappa shape index (κ2) is 6.56. The third-order valence-corrected chi connectivity index (χ3v) is 3.01. The fourth-order valence-corrected chi connectivity index (χ4v) is 2.77. The number of hydrogen-bond acceptors (Lipinski definition) is 2. The van der Waals surface area contributed by atoms with Gasteiger partial charge in [-0.1, -0.05) is 0 Å². The van der Waals surface area contributed by atoms with Crippen molar-refractivity contribution in [1.82, 2.24) is 4.57 Å². The molecule has 5 heteroatoms. The minimum absolute atomic E-state index is 0. The molecular formula is C10H18Cl2N2S. The summed E-state index contributed by atoms with van der Waals surface area (Å²) < 4.78 is 2.21. The number of rotatable bonds is 3. The first-order valence-corrected chi connectivity index (χ1v) is 6.26. The molecule has 0 atom stereocenters. The maximum Gasteiger partial charge on any atom is 0.185 e. The van der Waals surface area contributed by atoms with Crippen LogP contribution in [0.15, 0.2) is 10.4 Å². The van der Waals surface area contributed by atoms with Crippen LogP contribution in [0, 0.1) is 0 Å². The lowest BCUT2D eigenvalue weighted by Crippen LogP contribution is -2.20. The molecule has 0 saturated carbocycles. The zero-order valence-corrected chi connectivity index (χ0v) is 11.9. The van der Waals surface area contributed by atoms with Gasteiger partial charge in [0.05, 0.1) is 5.88 Å². The van der Waals surface area contributed by atoms with Gasteiger partial charge in [0, 0.05) is 23.2 Å². The van der Waals surface area contributed by atoms with Gasteiger partial charge in [0.2, 0.25) is 0 Å². The van der Waals surface area contributed by atoms with Gasteiger partial charge in [-0.25, -0.2) is 0 Å². The molecular weight excluding hydrogens is 251 g/mol. The van der Waals surface area contributed by atoms with E-state index in [-0.39, 0.29) is 12.4 Å². The normalized spacial score (nSPS) is 12.3. The van der Waals surface area contributed by atoms with Crippen molar-refractivity contribution >= 4 is 35.3 Å². The van der Waals surface area contributed by atoms with Crippen LogP contribution in [0.5, 0.6) is 0 Å². The van der Waals surface area contributed by atoms with Crippen LogP contribution in [-0.2, 0) is 5.88 Å². The predicted octanol–water partition coefficient (Wildman–Crippen LogP) is 3.60. The second-order valence-electron chi connectivity index (χ2n) is 3.83. The summed E-state index contributed by atoms with van der Waals surface area (Å²) in [5, 5.41) is 2.09. The molecule has 0 amide bonds. The zero-order valence-electron chi connectivity index (χ0n) is 9.53. The highest BCUT2D eigenvalue weighted by molar-refractivity contribution is 7.07. The Bertz CT molecular complexity index is 353. The Morgan fingerprint density at radius 3 is 2.40 bits per heavy atom. The number of thiazole rings is 1. The van der Waals surface area contributed by atoms with Crippen molar-refractivity contribution in [2.45, 2.75) is 45.7 Å². The average molecular weight is 269 g/mol. The summed E-state index contributed by atoms with van der Waals surface area (Å²) in [5.74, 6) is 0.558. The number of aromatic nitrogens is 1. The van der Waals surface area contributed by atoms with Crippen molar-refractivity contribution in [3.8, 4) is 0 Å². The van der Waals surface area contributed by atoms with Crippen LogP contribution in [0.3, 0.4) is 0 Å². The highest BCUT2D eigenvalue weighted by Gasteiger charge is 2.07. The molecule has 0 unspecified atom stereocenters. The van der Waals surface area contributed by atoms with Gasteiger partial charge < -0.3 is 4.57 Å². The molecule has 1 aromatic heterocycles. The first-order valence-electron chi connectivity index (χ1n) is 4.85. The fourth-order valence-electron chi connectivity index (χ4n) is 1.32. The quantitative estimate of drug-likeness (QED) is 0.746. The zero-order chi connectivity index (χ0) is 10.7. The molecule has 2 nitrogen and oxygen atoms in total. The molecule has 0 radical (unpaired) electrons. The van der Waals surface area contributed by atoms with Gasteiger partial charge in [-0.05, 0) is 27.7 Å². The summed E-state index contributed by atoms with van der Waals surface area (Å²) in [6.45, 7) is 8.49. The van der Waals surface area contributed by atoms with Crippen molar-refractivity contribution in [3.05, 3.63) is 15.9 Å². The van der Waals surface area contributed by atoms with Crippen molar-refractivity contribution in [1.29, 1.82) is 0 Å². The van der Waals surface area contributed by atoms with Crippen LogP contribution in [0.2, 0.25) is 0 Å². The standard InChI is InChI=1S/C10H17ClN2S.ClH/c1-7(2)12-10-13(8(3)4)9(5-11)6-14-10;/h6-8H,5H2,1-4H3;1H/b12-10-;. The Morgan fingerprint density at radius 2 is 2.00 bits per heavy atom. The van der Waals surface area contributed by atoms with Crippen LogP contribution < -0.4 is 4.80 Å². The highest BCUT2D eigenvalue weighted by atomic mass is 35.5. The van der Waals surface area contributed by atoms with Crippen molar-refractivity contribution < 1.29 is 0 Å². The van der Waals surface area contributed by atoms with E-state index >= 15 is 0 Å². The van der Waals surface area contributed by atoms with Crippen molar-refractivity contribution in [2.75, 3.05) is 0 Å².